The molecule has 25 heavy (non-hydrogen) atoms. The lowest BCUT2D eigenvalue weighted by Gasteiger charge is -2.22. The van der Waals surface area contributed by atoms with Crippen LogP contribution in [-0.4, -0.2) is 31.4 Å². The van der Waals surface area contributed by atoms with Crippen molar-refractivity contribution in [2.75, 3.05) is 20.6 Å². The molecule has 1 aromatic carbocycles. The van der Waals surface area contributed by atoms with Crippen LogP contribution in [0.25, 0.3) is 11.3 Å². The standard InChI is InChI=1S/C19H19FN2O3/c1-22(2)15(17-8-5-11-24-17)12-21-19(23)18-10-9-16(25-18)13-6-3-4-7-14(13)20/h3-11,15H,12H2,1-2H3,(H,21,23). The SMILES string of the molecule is CN(C)C(CNC(=O)c1ccc(-c2ccccc2F)o1)c1ccco1. The number of furan rings is 2. The van der Waals surface area contributed by atoms with E-state index in [-0.39, 0.29) is 17.7 Å². The molecular weight excluding hydrogens is 323 g/mol. The Hall–Kier alpha value is -2.86. The van der Waals surface area contributed by atoms with Crippen molar-refractivity contribution in [2.24, 2.45) is 0 Å². The summed E-state index contributed by atoms with van der Waals surface area (Å²) in [6.45, 7) is 0.356. The lowest BCUT2D eigenvalue weighted by Crippen LogP contribution is -2.34. The Morgan fingerprint density at radius 1 is 1.16 bits per heavy atom. The molecule has 1 amide bonds. The molecule has 0 aliphatic carbocycles. The van der Waals surface area contributed by atoms with Crippen molar-refractivity contribution in [3.05, 3.63) is 72.1 Å². The number of nitrogens with one attached hydrogen (secondary N) is 1. The van der Waals surface area contributed by atoms with Gasteiger partial charge in [0.05, 0.1) is 17.9 Å². The molecule has 2 aromatic heterocycles. The first-order valence-electron chi connectivity index (χ1n) is 7.89. The number of hydrogen-bond donors (Lipinski definition) is 1. The van der Waals surface area contributed by atoms with Crippen molar-refractivity contribution in [2.45, 2.75) is 6.04 Å². The second kappa shape index (κ2) is 7.36. The third-order valence-electron chi connectivity index (χ3n) is 3.92. The van der Waals surface area contributed by atoms with Crippen molar-refractivity contribution >= 4 is 5.91 Å². The van der Waals surface area contributed by atoms with Gasteiger partial charge in [-0.25, -0.2) is 4.39 Å². The summed E-state index contributed by atoms with van der Waals surface area (Å²) in [4.78, 5) is 14.3. The van der Waals surface area contributed by atoms with Gasteiger partial charge in [0.1, 0.15) is 17.3 Å². The molecule has 0 saturated carbocycles. The summed E-state index contributed by atoms with van der Waals surface area (Å²) in [7, 11) is 3.81. The van der Waals surface area contributed by atoms with Gasteiger partial charge in [-0.1, -0.05) is 12.1 Å². The molecular formula is C19H19FN2O3. The van der Waals surface area contributed by atoms with Crippen molar-refractivity contribution in [1.29, 1.82) is 0 Å². The average Bonchev–Trinajstić information content (AvgIpc) is 3.27. The van der Waals surface area contributed by atoms with Crippen LogP contribution in [0.3, 0.4) is 0 Å². The largest absolute Gasteiger partial charge is 0.468 e. The minimum absolute atomic E-state index is 0.0973. The zero-order valence-corrected chi connectivity index (χ0v) is 14.0. The van der Waals surface area contributed by atoms with E-state index in [0.717, 1.165) is 5.76 Å². The van der Waals surface area contributed by atoms with Crippen LogP contribution < -0.4 is 5.32 Å². The summed E-state index contributed by atoms with van der Waals surface area (Å²) in [5.74, 6) is 0.459. The van der Waals surface area contributed by atoms with E-state index in [2.05, 4.69) is 5.32 Å². The molecule has 1 atom stereocenters. The molecule has 3 aromatic rings. The van der Waals surface area contributed by atoms with E-state index in [1.54, 1.807) is 36.6 Å². The fourth-order valence-corrected chi connectivity index (χ4v) is 2.56. The van der Waals surface area contributed by atoms with Gasteiger partial charge in [-0.05, 0) is 50.5 Å². The van der Waals surface area contributed by atoms with Crippen molar-refractivity contribution < 1.29 is 18.0 Å². The number of hydrogen-bond acceptors (Lipinski definition) is 4. The summed E-state index contributed by atoms with van der Waals surface area (Å²) in [5, 5.41) is 2.82. The van der Waals surface area contributed by atoms with Gasteiger partial charge in [0.25, 0.3) is 5.91 Å². The van der Waals surface area contributed by atoms with E-state index < -0.39 is 5.82 Å². The van der Waals surface area contributed by atoms with Crippen molar-refractivity contribution in [3.8, 4) is 11.3 Å². The molecule has 2 heterocycles. The Balaban J connectivity index is 1.69. The summed E-state index contributed by atoms with van der Waals surface area (Å²) >= 11 is 0. The highest BCUT2D eigenvalue weighted by Crippen LogP contribution is 2.25. The summed E-state index contributed by atoms with van der Waals surface area (Å²) < 4.78 is 24.7. The maximum atomic E-state index is 13.8. The van der Waals surface area contributed by atoms with Gasteiger partial charge in [-0.2, -0.15) is 0 Å². The highest BCUT2D eigenvalue weighted by molar-refractivity contribution is 5.92. The Labute approximate surface area is 145 Å². The number of nitrogens with zero attached hydrogens (tertiary/aromatic N) is 1. The number of rotatable bonds is 6. The molecule has 5 nitrogen and oxygen atoms in total. The topological polar surface area (TPSA) is 58.6 Å². The molecule has 0 fully saturated rings. The van der Waals surface area contributed by atoms with Gasteiger partial charge in [0, 0.05) is 6.54 Å². The smallest absolute Gasteiger partial charge is 0.287 e. The first-order chi connectivity index (χ1) is 12.1. The minimum atomic E-state index is -0.394. The van der Waals surface area contributed by atoms with E-state index in [4.69, 9.17) is 8.83 Å². The number of carbonyl (C=O) groups excluding carboxylic acids is 1. The van der Waals surface area contributed by atoms with Crippen molar-refractivity contribution in [1.82, 2.24) is 10.2 Å². The van der Waals surface area contributed by atoms with Crippen LogP contribution in [-0.2, 0) is 0 Å². The molecule has 0 saturated heterocycles. The molecule has 130 valence electrons. The van der Waals surface area contributed by atoms with Crippen LogP contribution >= 0.6 is 0 Å². The van der Waals surface area contributed by atoms with Crippen LogP contribution in [0.4, 0.5) is 4.39 Å². The number of amides is 1. The van der Waals surface area contributed by atoms with Crippen LogP contribution in [0, 0.1) is 5.82 Å². The summed E-state index contributed by atoms with van der Waals surface area (Å²) in [6, 6.07) is 13.0. The first kappa shape index (κ1) is 17.0. The maximum absolute atomic E-state index is 13.8. The highest BCUT2D eigenvalue weighted by Gasteiger charge is 2.20. The Kier molecular flexibility index (Phi) is 5.00. The van der Waals surface area contributed by atoms with Gasteiger partial charge >= 0.3 is 0 Å². The third-order valence-corrected chi connectivity index (χ3v) is 3.92. The van der Waals surface area contributed by atoms with E-state index in [0.29, 0.717) is 17.9 Å². The van der Waals surface area contributed by atoms with Crippen LogP contribution in [0.2, 0.25) is 0 Å². The van der Waals surface area contributed by atoms with Crippen LogP contribution in [0.1, 0.15) is 22.4 Å². The van der Waals surface area contributed by atoms with Gasteiger partial charge in [-0.15, -0.1) is 0 Å². The van der Waals surface area contributed by atoms with E-state index >= 15 is 0 Å². The van der Waals surface area contributed by atoms with Gasteiger partial charge in [0.15, 0.2) is 5.76 Å². The zero-order chi connectivity index (χ0) is 17.8. The van der Waals surface area contributed by atoms with Crippen molar-refractivity contribution in [3.63, 3.8) is 0 Å². The molecule has 0 bridgehead atoms. The molecule has 0 aliphatic heterocycles. The normalized spacial score (nSPS) is 12.3. The number of likely N-dealkylation sites (N-methyl/N-ethyl adjacent to an activating group) is 1. The fraction of sp³-hybridized carbons (Fsp3) is 0.211. The zero-order valence-electron chi connectivity index (χ0n) is 14.0. The second-order valence-electron chi connectivity index (χ2n) is 5.85. The second-order valence-corrected chi connectivity index (χ2v) is 5.85. The highest BCUT2D eigenvalue weighted by atomic mass is 19.1. The van der Waals surface area contributed by atoms with E-state index in [1.165, 1.54) is 12.1 Å². The minimum Gasteiger partial charge on any atom is -0.468 e. The molecule has 6 heteroatoms. The van der Waals surface area contributed by atoms with E-state index in [9.17, 15) is 9.18 Å². The monoisotopic (exact) mass is 342 g/mol. The lowest BCUT2D eigenvalue weighted by atomic mass is 10.1. The molecule has 0 spiro atoms. The van der Waals surface area contributed by atoms with Gasteiger partial charge in [-0.3, -0.25) is 9.69 Å². The van der Waals surface area contributed by atoms with Gasteiger partial charge < -0.3 is 14.2 Å². The Bertz CT molecular complexity index is 840. The predicted molar refractivity (Wildman–Crippen MR) is 91.6 cm³/mol. The van der Waals surface area contributed by atoms with Gasteiger partial charge in [0.2, 0.25) is 0 Å². The lowest BCUT2D eigenvalue weighted by molar-refractivity contribution is 0.0912. The maximum Gasteiger partial charge on any atom is 0.287 e. The summed E-state index contributed by atoms with van der Waals surface area (Å²) in [5.41, 5.74) is 0.323. The molecule has 3 rings (SSSR count). The number of benzene rings is 1. The fourth-order valence-electron chi connectivity index (χ4n) is 2.56. The quantitative estimate of drug-likeness (QED) is 0.742. The summed E-state index contributed by atoms with van der Waals surface area (Å²) in [6.07, 6.45) is 1.60. The Morgan fingerprint density at radius 2 is 1.96 bits per heavy atom. The first-order valence-corrected chi connectivity index (χ1v) is 7.89. The molecule has 0 radical (unpaired) electrons. The molecule has 0 aliphatic rings. The van der Waals surface area contributed by atoms with Crippen LogP contribution in [0.5, 0.6) is 0 Å². The van der Waals surface area contributed by atoms with E-state index in [1.807, 2.05) is 25.1 Å². The molecule has 1 unspecified atom stereocenters. The number of carbonyl (C=O) groups is 1. The third kappa shape index (κ3) is 3.80. The average molecular weight is 342 g/mol. The van der Waals surface area contributed by atoms with Crippen LogP contribution in [0.15, 0.2) is 63.6 Å². The Morgan fingerprint density at radius 3 is 2.64 bits per heavy atom. The molecule has 1 N–H and O–H groups in total. The predicted octanol–water partition coefficient (Wildman–Crippen LogP) is 3.71. The number of halogens is 1.